The van der Waals surface area contributed by atoms with Gasteiger partial charge in [-0.2, -0.15) is 0 Å². The molecule has 0 radical (unpaired) electrons. The number of carbonyl (C=O) groups is 5. The molecule has 0 rings (SSSR count). The van der Waals surface area contributed by atoms with Crippen molar-refractivity contribution in [1.29, 1.82) is 0 Å². The number of aldehydes is 1. The van der Waals surface area contributed by atoms with Crippen molar-refractivity contribution >= 4 is 29.4 Å². The number of Topliss-reactive ketones (excluding diaryl/α,β-unsaturated/α-hetero) is 4. The van der Waals surface area contributed by atoms with Crippen LogP contribution in [-0.2, 0) is 24.0 Å². The number of rotatable bonds is 94. The second-order valence-electron chi connectivity index (χ2n) is 35.2. The highest BCUT2D eigenvalue weighted by atomic mass is 16.2. The molecule has 3 unspecified atom stereocenters. The average molecular weight is 1500 g/mol. The Balaban J connectivity index is 7.64. The van der Waals surface area contributed by atoms with Gasteiger partial charge < -0.3 is 4.79 Å². The first-order chi connectivity index (χ1) is 52.7. The van der Waals surface area contributed by atoms with Crippen LogP contribution in [0.5, 0.6) is 0 Å². The zero-order valence-corrected chi connectivity index (χ0v) is 74.2. The van der Waals surface area contributed by atoms with Gasteiger partial charge in [-0.1, -0.05) is 516 Å². The van der Waals surface area contributed by atoms with Crippen LogP contribution >= 0.6 is 0 Å². The zero-order valence-electron chi connectivity index (χ0n) is 74.2. The number of ketones is 4. The fourth-order valence-corrected chi connectivity index (χ4v) is 18.0. The first-order valence-corrected chi connectivity index (χ1v) is 50.0. The first-order valence-electron chi connectivity index (χ1n) is 50.0. The largest absolute Gasteiger partial charge is 0.302 e. The summed E-state index contributed by atoms with van der Waals surface area (Å²) in [4.78, 5) is 81.6. The molecule has 0 aliphatic carbocycles. The average Bonchev–Trinajstić information content (AvgIpc) is 0.714. The quantitative estimate of drug-likeness (QED) is 0.0262. The van der Waals surface area contributed by atoms with Crippen LogP contribution in [0.4, 0.5) is 0 Å². The summed E-state index contributed by atoms with van der Waals surface area (Å²) in [7, 11) is 0. The molecule has 0 aromatic heterocycles. The van der Waals surface area contributed by atoms with Gasteiger partial charge in [-0.3, -0.25) is 19.2 Å². The van der Waals surface area contributed by atoms with Gasteiger partial charge in [0.2, 0.25) is 0 Å². The molecule has 0 amide bonds. The molecule has 0 bridgehead atoms. The fraction of sp³-hybridized carbons (Fsp3) is 0.931. The van der Waals surface area contributed by atoms with Crippen molar-refractivity contribution in [1.82, 2.24) is 0 Å². The number of unbranched alkanes of at least 4 members (excludes halogenated alkanes) is 73. The minimum atomic E-state index is -1.99. The van der Waals surface area contributed by atoms with Gasteiger partial charge in [0.1, 0.15) is 40.2 Å². The van der Waals surface area contributed by atoms with E-state index in [4.69, 9.17) is 0 Å². The van der Waals surface area contributed by atoms with Gasteiger partial charge in [-0.05, 0) is 64.2 Å². The van der Waals surface area contributed by atoms with E-state index in [2.05, 4.69) is 53.7 Å². The van der Waals surface area contributed by atoms with Crippen LogP contribution in [-0.4, -0.2) is 29.4 Å². The predicted octanol–water partition coefficient (Wildman–Crippen LogP) is 35.3. The Morgan fingerprint density at radius 3 is 0.636 bits per heavy atom. The van der Waals surface area contributed by atoms with E-state index in [1.165, 1.54) is 366 Å². The molecule has 107 heavy (non-hydrogen) atoms. The van der Waals surface area contributed by atoms with E-state index >= 15 is 24.0 Å². The van der Waals surface area contributed by atoms with Crippen molar-refractivity contribution in [3.63, 3.8) is 0 Å². The molecule has 0 heterocycles. The van der Waals surface area contributed by atoms with Gasteiger partial charge in [0.15, 0.2) is 0 Å². The molecule has 0 spiro atoms. The maximum Gasteiger partial charge on any atom is 0.148 e. The number of carbonyl (C=O) groups excluding carboxylic acids is 5. The van der Waals surface area contributed by atoms with Gasteiger partial charge >= 0.3 is 0 Å². The first kappa shape index (κ1) is 105. The van der Waals surface area contributed by atoms with Crippen molar-refractivity contribution < 1.29 is 24.0 Å². The molecule has 0 N–H and O–H groups in total. The van der Waals surface area contributed by atoms with Crippen LogP contribution in [0, 0.1) is 16.7 Å². The second-order valence-corrected chi connectivity index (χ2v) is 35.2. The Bertz CT molecular complexity index is 1880. The molecular formula is C102H194O5. The van der Waals surface area contributed by atoms with E-state index in [-0.39, 0.29) is 48.8 Å². The maximum absolute atomic E-state index is 16.8. The summed E-state index contributed by atoms with van der Waals surface area (Å²) in [5.74, 6) is -1.64. The molecular weight excluding hydrogens is 1310 g/mol. The highest BCUT2D eigenvalue weighted by Gasteiger charge is 2.67. The third-order valence-corrected chi connectivity index (χ3v) is 25.2. The van der Waals surface area contributed by atoms with E-state index < -0.39 is 16.7 Å². The number of allylic oxidation sites excluding steroid dienone is 2. The lowest BCUT2D eigenvalue weighted by Gasteiger charge is -2.49. The van der Waals surface area contributed by atoms with Crippen molar-refractivity contribution in [3.05, 3.63) is 12.2 Å². The summed E-state index contributed by atoms with van der Waals surface area (Å²) < 4.78 is 0. The number of hydrogen-bond donors (Lipinski definition) is 0. The summed E-state index contributed by atoms with van der Waals surface area (Å²) in [5, 5.41) is 0. The molecule has 632 valence electrons. The van der Waals surface area contributed by atoms with Crippen LogP contribution in [0.3, 0.4) is 0 Å². The molecule has 5 nitrogen and oxygen atoms in total. The Hall–Kier alpha value is -1.91. The Kier molecular flexibility index (Phi) is 83.5. The highest BCUT2D eigenvalue weighted by Crippen LogP contribution is 2.55. The fourth-order valence-electron chi connectivity index (χ4n) is 18.0. The van der Waals surface area contributed by atoms with Crippen LogP contribution in [0.25, 0.3) is 0 Å². The third kappa shape index (κ3) is 61.2. The van der Waals surface area contributed by atoms with E-state index in [1.807, 2.05) is 0 Å². The van der Waals surface area contributed by atoms with Gasteiger partial charge in [0.25, 0.3) is 0 Å². The molecule has 0 aromatic carbocycles. The van der Waals surface area contributed by atoms with Crippen LogP contribution in [0.1, 0.15) is 594 Å². The van der Waals surface area contributed by atoms with E-state index in [0.717, 1.165) is 122 Å². The minimum Gasteiger partial charge on any atom is -0.302 e. The highest BCUT2D eigenvalue weighted by molar-refractivity contribution is 6.19. The van der Waals surface area contributed by atoms with Gasteiger partial charge in [-0.25, -0.2) is 0 Å². The topological polar surface area (TPSA) is 85.3 Å². The summed E-state index contributed by atoms with van der Waals surface area (Å²) >= 11 is 0. The standard InChI is InChI=1S/C102H194O5/c1-7-13-19-25-31-37-43-49-52-56-61-67-73-79-85-91-98(105)101(95-103,94-88-82-76-70-64-58-51-45-39-33-27-21-15-9-3)102(99(106)92-86-80-74-68-62-55-47-41-35-29-23-17-11-5,100(107)93-87-81-75-69-63-57-53-50-44-38-32-26-20-14-8-2)96(89-83-77-71-65-59-48-42-36-30-24-18-12-6)97(104)90-84-78-72-66-60-54-46-40-34-28-22-16-10-4/h59,65,95-96H,7-58,60-64,66-94H2,1-6H3/b65-59-. The Morgan fingerprint density at radius 2 is 0.402 bits per heavy atom. The smallest absolute Gasteiger partial charge is 0.148 e. The third-order valence-electron chi connectivity index (χ3n) is 25.2. The SMILES string of the molecule is CCCCCCCC/C=C\CCCCC(C(=O)CCCCCCCCCCCCCCC)C(C(=O)CCCCCCCCCCCCCCC)(C(=O)CCCCCCCCCCCCCCCCC)C(C=O)(CCCCCCCCCCCCCCCC)C(=O)CCCCCCCCCCCCCCCCC. The van der Waals surface area contributed by atoms with Gasteiger partial charge in [0.05, 0.1) is 0 Å². The molecule has 0 aliphatic heterocycles. The lowest BCUT2D eigenvalue weighted by atomic mass is 9.47. The lowest BCUT2D eigenvalue weighted by Crippen LogP contribution is -2.63. The summed E-state index contributed by atoms with van der Waals surface area (Å²) in [6, 6.07) is 0. The summed E-state index contributed by atoms with van der Waals surface area (Å²) in [6.45, 7) is 13.7. The van der Waals surface area contributed by atoms with Gasteiger partial charge in [0, 0.05) is 31.6 Å². The Labute approximate surface area is 672 Å². The minimum absolute atomic E-state index is 0.0118. The normalized spacial score (nSPS) is 13.3. The maximum atomic E-state index is 16.8. The second kappa shape index (κ2) is 85.0. The Morgan fingerprint density at radius 1 is 0.215 bits per heavy atom. The van der Waals surface area contributed by atoms with Crippen LogP contribution in [0.15, 0.2) is 12.2 Å². The lowest BCUT2D eigenvalue weighted by molar-refractivity contribution is -0.171. The van der Waals surface area contributed by atoms with Crippen molar-refractivity contribution in [2.45, 2.75) is 594 Å². The van der Waals surface area contributed by atoms with E-state index in [0.29, 0.717) is 44.9 Å². The molecule has 0 saturated carbocycles. The summed E-state index contributed by atoms with van der Waals surface area (Å²) in [6.07, 6.45) is 103. The molecule has 0 aliphatic rings. The van der Waals surface area contributed by atoms with E-state index in [9.17, 15) is 0 Å². The predicted molar refractivity (Wildman–Crippen MR) is 475 cm³/mol. The van der Waals surface area contributed by atoms with Crippen LogP contribution < -0.4 is 0 Å². The van der Waals surface area contributed by atoms with Crippen LogP contribution in [0.2, 0.25) is 0 Å². The molecule has 5 heteroatoms. The van der Waals surface area contributed by atoms with Crippen molar-refractivity contribution in [2.24, 2.45) is 16.7 Å². The molecule has 3 atom stereocenters. The van der Waals surface area contributed by atoms with Crippen molar-refractivity contribution in [2.75, 3.05) is 0 Å². The zero-order chi connectivity index (χ0) is 77.8. The van der Waals surface area contributed by atoms with E-state index in [1.54, 1.807) is 0 Å². The molecule has 0 aromatic rings. The monoisotopic (exact) mass is 1500 g/mol. The molecule has 0 saturated heterocycles. The molecule has 0 fully saturated rings. The summed E-state index contributed by atoms with van der Waals surface area (Å²) in [5.41, 5.74) is -3.86. The number of hydrogen-bond acceptors (Lipinski definition) is 5. The van der Waals surface area contributed by atoms with Crippen molar-refractivity contribution in [3.8, 4) is 0 Å². The van der Waals surface area contributed by atoms with Gasteiger partial charge in [-0.15, -0.1) is 0 Å².